The van der Waals surface area contributed by atoms with Crippen molar-refractivity contribution in [2.24, 2.45) is 0 Å². The van der Waals surface area contributed by atoms with Gasteiger partial charge in [0.25, 0.3) is 0 Å². The van der Waals surface area contributed by atoms with Crippen LogP contribution in [0.4, 0.5) is 0 Å². The predicted molar refractivity (Wildman–Crippen MR) is 76.6 cm³/mol. The van der Waals surface area contributed by atoms with Gasteiger partial charge in [0, 0.05) is 22.6 Å². The molecule has 0 amide bonds. The molecule has 0 saturated heterocycles. The van der Waals surface area contributed by atoms with E-state index in [0.717, 1.165) is 21.5 Å². The van der Waals surface area contributed by atoms with Crippen LogP contribution >= 0.6 is 27.5 Å². The molecule has 96 valence electrons. The second-order valence-corrected chi connectivity index (χ2v) is 5.61. The average molecular weight is 330 g/mol. The first-order valence-corrected chi connectivity index (χ1v) is 6.86. The fourth-order valence-electron chi connectivity index (χ4n) is 1.59. The summed E-state index contributed by atoms with van der Waals surface area (Å²) in [6, 6.07) is 6.06. The first-order valence-electron chi connectivity index (χ1n) is 5.69. The van der Waals surface area contributed by atoms with Gasteiger partial charge in [-0.15, -0.1) is 0 Å². The first kappa shape index (κ1) is 13.6. The topological polar surface area (TPSA) is 38.1 Å². The normalized spacial score (nSPS) is 11.2. The number of aromatic nitrogens is 1. The van der Waals surface area contributed by atoms with Crippen LogP contribution in [-0.2, 0) is 6.54 Å². The maximum absolute atomic E-state index is 6.19. The third-order valence-corrected chi connectivity index (χ3v) is 3.31. The molecule has 0 atom stereocenters. The largest absolute Gasteiger partial charge is 0.443 e. The van der Waals surface area contributed by atoms with E-state index in [2.05, 4.69) is 40.1 Å². The Labute approximate surface area is 120 Å². The van der Waals surface area contributed by atoms with Crippen LogP contribution in [0.3, 0.4) is 0 Å². The van der Waals surface area contributed by atoms with Gasteiger partial charge in [0.2, 0.25) is 0 Å². The van der Waals surface area contributed by atoms with Crippen LogP contribution in [-0.4, -0.2) is 11.0 Å². The van der Waals surface area contributed by atoms with Crippen molar-refractivity contribution in [1.29, 1.82) is 0 Å². The summed E-state index contributed by atoms with van der Waals surface area (Å²) in [5.41, 5.74) is 1.72. The number of hydrogen-bond acceptors (Lipinski definition) is 3. The Morgan fingerprint density at radius 1 is 1.44 bits per heavy atom. The van der Waals surface area contributed by atoms with E-state index in [1.54, 1.807) is 0 Å². The van der Waals surface area contributed by atoms with E-state index in [0.29, 0.717) is 17.6 Å². The van der Waals surface area contributed by atoms with Crippen molar-refractivity contribution in [3.63, 3.8) is 0 Å². The average Bonchev–Trinajstić information content (AvgIpc) is 2.77. The Kier molecular flexibility index (Phi) is 4.43. The Bertz CT molecular complexity index is 540. The summed E-state index contributed by atoms with van der Waals surface area (Å²) in [5, 5.41) is 3.97. The van der Waals surface area contributed by atoms with Crippen LogP contribution in [0.15, 0.2) is 33.5 Å². The highest BCUT2D eigenvalue weighted by molar-refractivity contribution is 9.10. The second-order valence-electron chi connectivity index (χ2n) is 4.29. The highest BCUT2D eigenvalue weighted by Crippen LogP contribution is 2.32. The van der Waals surface area contributed by atoms with E-state index in [1.807, 2.05) is 18.2 Å². The number of nitrogens with zero attached hydrogens (tertiary/aromatic N) is 1. The Balaban J connectivity index is 2.33. The summed E-state index contributed by atoms with van der Waals surface area (Å²) in [5.74, 6) is 0.717. The molecule has 5 heteroatoms. The summed E-state index contributed by atoms with van der Waals surface area (Å²) >= 11 is 9.63. The maximum atomic E-state index is 6.19. The lowest BCUT2D eigenvalue weighted by molar-refractivity contribution is 0.563. The molecule has 1 heterocycles. The minimum absolute atomic E-state index is 0.396. The lowest BCUT2D eigenvalue weighted by Gasteiger charge is -2.08. The van der Waals surface area contributed by atoms with Crippen LogP contribution in [0.25, 0.3) is 11.3 Å². The lowest BCUT2D eigenvalue weighted by atomic mass is 10.1. The number of oxazole rings is 1. The van der Waals surface area contributed by atoms with E-state index >= 15 is 0 Å². The first-order chi connectivity index (χ1) is 8.58. The van der Waals surface area contributed by atoms with E-state index in [-0.39, 0.29) is 0 Å². The van der Waals surface area contributed by atoms with Crippen molar-refractivity contribution in [2.45, 2.75) is 26.4 Å². The monoisotopic (exact) mass is 328 g/mol. The number of halogens is 2. The molecule has 0 bridgehead atoms. The highest BCUT2D eigenvalue weighted by atomic mass is 79.9. The molecular weight excluding hydrogens is 316 g/mol. The maximum Gasteiger partial charge on any atom is 0.181 e. The van der Waals surface area contributed by atoms with Crippen LogP contribution in [0, 0.1) is 0 Å². The van der Waals surface area contributed by atoms with Gasteiger partial charge in [0.15, 0.2) is 12.2 Å². The third-order valence-electron chi connectivity index (χ3n) is 2.49. The fourth-order valence-corrected chi connectivity index (χ4v) is 2.15. The molecule has 0 unspecified atom stereocenters. The molecule has 0 spiro atoms. The van der Waals surface area contributed by atoms with Crippen molar-refractivity contribution in [2.75, 3.05) is 0 Å². The Hall–Kier alpha value is -0.840. The van der Waals surface area contributed by atoms with E-state index in [1.165, 1.54) is 6.39 Å². The molecule has 2 rings (SSSR count). The molecule has 0 saturated carbocycles. The molecule has 1 aromatic heterocycles. The lowest BCUT2D eigenvalue weighted by Crippen LogP contribution is -2.22. The van der Waals surface area contributed by atoms with Crippen molar-refractivity contribution >= 4 is 27.5 Å². The molecule has 3 nitrogen and oxygen atoms in total. The fraction of sp³-hybridized carbons (Fsp3) is 0.308. The van der Waals surface area contributed by atoms with Gasteiger partial charge in [-0.05, 0) is 18.2 Å². The minimum atomic E-state index is 0.396. The standard InChI is InChI=1S/C13H14BrClN2O/c1-8(2)16-6-12-13(18-7-17-12)10-5-9(14)3-4-11(10)15/h3-5,7-8,16H,6H2,1-2H3. The van der Waals surface area contributed by atoms with Gasteiger partial charge in [0.1, 0.15) is 5.69 Å². The van der Waals surface area contributed by atoms with Gasteiger partial charge in [0.05, 0.1) is 5.02 Å². The number of nitrogens with one attached hydrogen (secondary N) is 1. The van der Waals surface area contributed by atoms with Gasteiger partial charge in [-0.25, -0.2) is 4.98 Å². The molecule has 1 N–H and O–H groups in total. The van der Waals surface area contributed by atoms with Crippen LogP contribution in [0.1, 0.15) is 19.5 Å². The van der Waals surface area contributed by atoms with E-state index < -0.39 is 0 Å². The molecule has 0 aliphatic carbocycles. The summed E-state index contributed by atoms with van der Waals surface area (Å²) < 4.78 is 6.42. The molecule has 0 aliphatic rings. The second kappa shape index (κ2) is 5.87. The molecule has 18 heavy (non-hydrogen) atoms. The van der Waals surface area contributed by atoms with Gasteiger partial charge in [-0.3, -0.25) is 0 Å². The van der Waals surface area contributed by atoms with Gasteiger partial charge < -0.3 is 9.73 Å². The zero-order valence-electron chi connectivity index (χ0n) is 10.2. The molecular formula is C13H14BrClN2O. The summed E-state index contributed by atoms with van der Waals surface area (Å²) in [7, 11) is 0. The van der Waals surface area contributed by atoms with Crippen molar-refractivity contribution < 1.29 is 4.42 Å². The van der Waals surface area contributed by atoms with Crippen molar-refractivity contribution in [3.8, 4) is 11.3 Å². The smallest absolute Gasteiger partial charge is 0.181 e. The van der Waals surface area contributed by atoms with E-state index in [9.17, 15) is 0 Å². The molecule has 0 aliphatic heterocycles. The zero-order valence-corrected chi connectivity index (χ0v) is 12.5. The molecule has 1 aromatic carbocycles. The van der Waals surface area contributed by atoms with Gasteiger partial charge in [-0.1, -0.05) is 41.4 Å². The molecule has 0 radical (unpaired) electrons. The SMILES string of the molecule is CC(C)NCc1ncoc1-c1cc(Br)ccc1Cl. The number of benzene rings is 1. The minimum Gasteiger partial charge on any atom is -0.443 e. The van der Waals surface area contributed by atoms with Gasteiger partial charge >= 0.3 is 0 Å². The van der Waals surface area contributed by atoms with Crippen LogP contribution in [0.2, 0.25) is 5.02 Å². The van der Waals surface area contributed by atoms with Crippen molar-refractivity contribution in [1.82, 2.24) is 10.3 Å². The molecule has 2 aromatic rings. The number of hydrogen-bond donors (Lipinski definition) is 1. The predicted octanol–water partition coefficient (Wildman–Crippen LogP) is 4.26. The highest BCUT2D eigenvalue weighted by Gasteiger charge is 2.14. The summed E-state index contributed by atoms with van der Waals surface area (Å²) in [6.45, 7) is 4.84. The zero-order chi connectivity index (χ0) is 13.1. The number of rotatable bonds is 4. The van der Waals surface area contributed by atoms with E-state index in [4.69, 9.17) is 16.0 Å². The third kappa shape index (κ3) is 3.13. The van der Waals surface area contributed by atoms with Gasteiger partial charge in [-0.2, -0.15) is 0 Å². The Morgan fingerprint density at radius 2 is 2.22 bits per heavy atom. The van der Waals surface area contributed by atoms with Crippen LogP contribution < -0.4 is 5.32 Å². The quantitative estimate of drug-likeness (QED) is 0.911. The van der Waals surface area contributed by atoms with Crippen LogP contribution in [0.5, 0.6) is 0 Å². The molecule has 0 fully saturated rings. The summed E-state index contributed by atoms with van der Waals surface area (Å²) in [4.78, 5) is 4.23. The summed E-state index contributed by atoms with van der Waals surface area (Å²) in [6.07, 6.45) is 1.45. The van der Waals surface area contributed by atoms with Crippen molar-refractivity contribution in [3.05, 3.63) is 39.8 Å². The Morgan fingerprint density at radius 3 is 2.94 bits per heavy atom.